The second kappa shape index (κ2) is 7.76. The molecule has 0 aromatic heterocycles. The lowest BCUT2D eigenvalue weighted by molar-refractivity contribution is 0.181. The van der Waals surface area contributed by atoms with Crippen LogP contribution in [-0.4, -0.2) is 19.6 Å². The largest absolute Gasteiger partial charge is 0.393 e. The molecule has 3 rings (SSSR count). The summed E-state index contributed by atoms with van der Waals surface area (Å²) in [4.78, 5) is 0.281. The molecule has 25 heavy (non-hydrogen) atoms. The minimum Gasteiger partial charge on any atom is -0.393 e. The van der Waals surface area contributed by atoms with Crippen molar-refractivity contribution in [3.05, 3.63) is 63.1 Å². The van der Waals surface area contributed by atoms with Crippen molar-refractivity contribution >= 4 is 37.6 Å². The van der Waals surface area contributed by atoms with Crippen LogP contribution in [0.15, 0.2) is 51.8 Å². The molecule has 2 N–H and O–H groups in total. The van der Waals surface area contributed by atoms with Gasteiger partial charge in [-0.1, -0.05) is 39.7 Å². The van der Waals surface area contributed by atoms with E-state index in [2.05, 4.69) is 20.7 Å². The lowest BCUT2D eigenvalue weighted by atomic mass is 9.98. The molecule has 2 aromatic rings. The molecular weight excluding hydrogens is 426 g/mol. The molecule has 7 heteroatoms. The molecule has 1 unspecified atom stereocenters. The Hall–Kier alpha value is -0.920. The van der Waals surface area contributed by atoms with Crippen LogP contribution in [0.4, 0.5) is 0 Å². The highest BCUT2D eigenvalue weighted by atomic mass is 79.9. The minimum atomic E-state index is -3.66. The van der Waals surface area contributed by atoms with Gasteiger partial charge in [-0.05, 0) is 66.6 Å². The lowest BCUT2D eigenvalue weighted by Crippen LogP contribution is -2.24. The van der Waals surface area contributed by atoms with E-state index in [1.54, 1.807) is 36.4 Å². The Kier molecular flexibility index (Phi) is 5.85. The molecule has 0 spiro atoms. The zero-order valence-corrected chi connectivity index (χ0v) is 16.6. The Morgan fingerprint density at radius 2 is 1.88 bits per heavy atom. The summed E-state index contributed by atoms with van der Waals surface area (Å²) in [6.07, 6.45) is 1.73. The predicted molar refractivity (Wildman–Crippen MR) is 102 cm³/mol. The molecule has 0 amide bonds. The van der Waals surface area contributed by atoms with E-state index in [9.17, 15) is 13.5 Å². The summed E-state index contributed by atoms with van der Waals surface area (Å²) in [5, 5.41) is 10.4. The first-order chi connectivity index (χ1) is 11.8. The SMILES string of the molecule is O=S(=O)(NCc1ccc(Cl)cc1)c1ccc(Br)cc1C1CC[C@@H](O)C1. The highest BCUT2D eigenvalue weighted by Gasteiger charge is 2.29. The Balaban J connectivity index is 1.85. The molecule has 2 aromatic carbocycles. The number of hydrogen-bond donors (Lipinski definition) is 2. The Morgan fingerprint density at radius 3 is 2.52 bits per heavy atom. The third kappa shape index (κ3) is 4.63. The standard InChI is InChI=1S/C18H19BrClNO3S/c19-14-4-8-18(17(10-14)13-3-7-16(22)9-13)25(23,24)21-11-12-1-5-15(20)6-2-12/h1-2,4-6,8,10,13,16,21-22H,3,7,9,11H2/t13?,16-/m1/s1. The van der Waals surface area contributed by atoms with Gasteiger partial charge in [-0.2, -0.15) is 0 Å². The molecule has 1 aliphatic carbocycles. The molecule has 4 nitrogen and oxygen atoms in total. The van der Waals surface area contributed by atoms with Crippen LogP contribution in [0, 0.1) is 0 Å². The van der Waals surface area contributed by atoms with Crippen molar-refractivity contribution in [1.82, 2.24) is 4.72 Å². The van der Waals surface area contributed by atoms with Crippen molar-refractivity contribution in [2.75, 3.05) is 0 Å². The average molecular weight is 445 g/mol. The van der Waals surface area contributed by atoms with Crippen LogP contribution in [0.1, 0.15) is 36.3 Å². The molecule has 1 fully saturated rings. The normalized spacial score (nSPS) is 20.8. The van der Waals surface area contributed by atoms with E-state index in [-0.39, 0.29) is 23.5 Å². The van der Waals surface area contributed by atoms with Crippen molar-refractivity contribution in [2.45, 2.75) is 42.7 Å². The van der Waals surface area contributed by atoms with Crippen LogP contribution < -0.4 is 4.72 Å². The number of halogens is 2. The first-order valence-electron chi connectivity index (χ1n) is 8.07. The fraction of sp³-hybridized carbons (Fsp3) is 0.333. The van der Waals surface area contributed by atoms with Crippen LogP contribution in [0.5, 0.6) is 0 Å². The van der Waals surface area contributed by atoms with Crippen molar-refractivity contribution in [2.24, 2.45) is 0 Å². The highest BCUT2D eigenvalue weighted by Crippen LogP contribution is 2.38. The maximum absolute atomic E-state index is 12.8. The van der Waals surface area contributed by atoms with Gasteiger partial charge in [-0.25, -0.2) is 13.1 Å². The van der Waals surface area contributed by atoms with Crippen molar-refractivity contribution in [3.63, 3.8) is 0 Å². The molecule has 0 aliphatic heterocycles. The zero-order valence-electron chi connectivity index (χ0n) is 13.5. The predicted octanol–water partition coefficient (Wildman–Crippen LogP) is 4.21. The van der Waals surface area contributed by atoms with Gasteiger partial charge in [0, 0.05) is 16.0 Å². The van der Waals surface area contributed by atoms with Crippen LogP contribution in [0.2, 0.25) is 5.02 Å². The van der Waals surface area contributed by atoms with Gasteiger partial charge in [0.25, 0.3) is 0 Å². The molecule has 1 aliphatic rings. The van der Waals surface area contributed by atoms with Crippen LogP contribution >= 0.6 is 27.5 Å². The van der Waals surface area contributed by atoms with Crippen molar-refractivity contribution in [1.29, 1.82) is 0 Å². The zero-order chi connectivity index (χ0) is 18.0. The molecule has 0 heterocycles. The second-order valence-corrected chi connectivity index (χ2v) is 9.38. The van der Waals surface area contributed by atoms with Gasteiger partial charge in [-0.3, -0.25) is 0 Å². The van der Waals surface area contributed by atoms with Gasteiger partial charge in [0.1, 0.15) is 0 Å². The summed E-state index contributed by atoms with van der Waals surface area (Å²) in [7, 11) is -3.66. The van der Waals surface area contributed by atoms with Crippen LogP contribution in [0.3, 0.4) is 0 Å². The third-order valence-electron chi connectivity index (χ3n) is 4.49. The Morgan fingerprint density at radius 1 is 1.16 bits per heavy atom. The van der Waals surface area contributed by atoms with E-state index >= 15 is 0 Å². The summed E-state index contributed by atoms with van der Waals surface area (Å²) in [6.45, 7) is 0.197. The van der Waals surface area contributed by atoms with Gasteiger partial charge in [-0.15, -0.1) is 0 Å². The number of aliphatic hydroxyl groups is 1. The van der Waals surface area contributed by atoms with Gasteiger partial charge < -0.3 is 5.11 Å². The highest BCUT2D eigenvalue weighted by molar-refractivity contribution is 9.10. The van der Waals surface area contributed by atoms with E-state index in [4.69, 9.17) is 11.6 Å². The van der Waals surface area contributed by atoms with Crippen LogP contribution in [-0.2, 0) is 16.6 Å². The summed E-state index contributed by atoms with van der Waals surface area (Å²) in [5.74, 6) is 0.0506. The number of sulfonamides is 1. The number of nitrogens with one attached hydrogen (secondary N) is 1. The minimum absolute atomic E-state index is 0.0506. The Bertz CT molecular complexity index is 855. The van der Waals surface area contributed by atoms with E-state index in [1.807, 2.05) is 6.07 Å². The van der Waals surface area contributed by atoms with E-state index in [0.717, 1.165) is 22.0 Å². The van der Waals surface area contributed by atoms with Crippen LogP contribution in [0.25, 0.3) is 0 Å². The molecular formula is C18H19BrClNO3S. The monoisotopic (exact) mass is 443 g/mol. The van der Waals surface area contributed by atoms with Crippen molar-refractivity contribution < 1.29 is 13.5 Å². The first kappa shape index (κ1) is 18.9. The number of rotatable bonds is 5. The van der Waals surface area contributed by atoms with Gasteiger partial charge in [0.2, 0.25) is 10.0 Å². The quantitative estimate of drug-likeness (QED) is 0.726. The second-order valence-electron chi connectivity index (χ2n) is 6.30. The molecule has 0 radical (unpaired) electrons. The number of aliphatic hydroxyl groups excluding tert-OH is 1. The maximum Gasteiger partial charge on any atom is 0.241 e. The molecule has 134 valence electrons. The molecule has 2 atom stereocenters. The fourth-order valence-corrected chi connectivity index (χ4v) is 4.98. The maximum atomic E-state index is 12.8. The van der Waals surface area contributed by atoms with Gasteiger partial charge in [0.05, 0.1) is 11.0 Å². The smallest absolute Gasteiger partial charge is 0.241 e. The average Bonchev–Trinajstić information content (AvgIpc) is 3.00. The fourth-order valence-electron chi connectivity index (χ4n) is 3.18. The summed E-state index contributed by atoms with van der Waals surface area (Å²) >= 11 is 9.27. The topological polar surface area (TPSA) is 66.4 Å². The molecule has 1 saturated carbocycles. The van der Waals surface area contributed by atoms with Crippen molar-refractivity contribution in [3.8, 4) is 0 Å². The first-order valence-corrected chi connectivity index (χ1v) is 10.7. The Labute approximate surface area is 161 Å². The molecule has 0 saturated heterocycles. The number of benzene rings is 2. The number of hydrogen-bond acceptors (Lipinski definition) is 3. The summed E-state index contributed by atoms with van der Waals surface area (Å²) < 4.78 is 29.1. The van der Waals surface area contributed by atoms with Gasteiger partial charge >= 0.3 is 0 Å². The van der Waals surface area contributed by atoms with E-state index in [1.165, 1.54) is 0 Å². The van der Waals surface area contributed by atoms with Gasteiger partial charge in [0.15, 0.2) is 0 Å². The molecule has 0 bridgehead atoms. The van der Waals surface area contributed by atoms with E-state index in [0.29, 0.717) is 17.9 Å². The third-order valence-corrected chi connectivity index (χ3v) is 6.71. The van der Waals surface area contributed by atoms with E-state index < -0.39 is 10.0 Å². The summed E-state index contributed by atoms with van der Waals surface area (Å²) in [5.41, 5.74) is 1.59. The lowest BCUT2D eigenvalue weighted by Gasteiger charge is -2.17. The summed E-state index contributed by atoms with van der Waals surface area (Å²) in [6, 6.07) is 12.2.